The van der Waals surface area contributed by atoms with Crippen molar-refractivity contribution in [3.63, 3.8) is 0 Å². The molecule has 0 unspecified atom stereocenters. The fraction of sp³-hybridized carbons (Fsp3) is 0.250. The highest BCUT2D eigenvalue weighted by atomic mass is 32.2. The zero-order valence-corrected chi connectivity index (χ0v) is 17.2. The first-order valence-corrected chi connectivity index (χ1v) is 10.0. The van der Waals surface area contributed by atoms with E-state index in [0.29, 0.717) is 11.7 Å². The lowest BCUT2D eigenvalue weighted by Gasteiger charge is -2.17. The van der Waals surface area contributed by atoms with Crippen molar-refractivity contribution >= 4 is 23.7 Å². The quantitative estimate of drug-likeness (QED) is 0.606. The van der Waals surface area contributed by atoms with E-state index in [1.165, 1.54) is 11.8 Å². The molecular formula is C20H22N6O2S. The Labute approximate surface area is 173 Å². The average molecular weight is 411 g/mol. The number of thioether (sulfide) groups is 1. The molecule has 2 N–H and O–H groups in total. The second-order valence-corrected chi connectivity index (χ2v) is 7.44. The summed E-state index contributed by atoms with van der Waals surface area (Å²) in [5, 5.41) is 16.8. The van der Waals surface area contributed by atoms with Gasteiger partial charge in [0.05, 0.1) is 5.69 Å². The highest BCUT2D eigenvalue weighted by Gasteiger charge is 2.27. The number of amides is 3. The Morgan fingerprint density at radius 2 is 1.76 bits per heavy atom. The number of hydrogen-bond donors (Lipinski definition) is 2. The number of carbonyl (C=O) groups is 2. The minimum Gasteiger partial charge on any atom is -0.338 e. The van der Waals surface area contributed by atoms with Crippen LogP contribution in [0.1, 0.15) is 28.9 Å². The van der Waals surface area contributed by atoms with Crippen molar-refractivity contribution in [1.82, 2.24) is 30.8 Å². The van der Waals surface area contributed by atoms with Crippen molar-refractivity contribution in [2.24, 2.45) is 0 Å². The molecule has 0 aliphatic rings. The summed E-state index contributed by atoms with van der Waals surface area (Å²) in [5.41, 5.74) is 3.65. The fourth-order valence-corrected chi connectivity index (χ4v) is 3.90. The molecule has 0 fully saturated rings. The van der Waals surface area contributed by atoms with Gasteiger partial charge in [0, 0.05) is 6.54 Å². The molecular weight excluding hydrogens is 388 g/mol. The Kier molecular flexibility index (Phi) is 6.61. The van der Waals surface area contributed by atoms with Crippen LogP contribution in [0.15, 0.2) is 53.7 Å². The van der Waals surface area contributed by atoms with Crippen LogP contribution in [0.4, 0.5) is 4.79 Å². The van der Waals surface area contributed by atoms with Crippen LogP contribution in [0.5, 0.6) is 0 Å². The van der Waals surface area contributed by atoms with Crippen molar-refractivity contribution in [2.75, 3.05) is 6.54 Å². The van der Waals surface area contributed by atoms with Crippen LogP contribution in [0, 0.1) is 13.8 Å². The molecule has 150 valence electrons. The molecule has 1 aromatic heterocycles. The zero-order chi connectivity index (χ0) is 20.8. The molecule has 0 spiro atoms. The monoisotopic (exact) mass is 410 g/mol. The van der Waals surface area contributed by atoms with Crippen LogP contribution in [0.3, 0.4) is 0 Å². The number of rotatable bonds is 6. The van der Waals surface area contributed by atoms with Gasteiger partial charge >= 0.3 is 6.03 Å². The van der Waals surface area contributed by atoms with Gasteiger partial charge in [-0.3, -0.25) is 10.1 Å². The highest BCUT2D eigenvalue weighted by Crippen LogP contribution is 2.35. The molecule has 1 heterocycles. The minimum atomic E-state index is -0.701. The van der Waals surface area contributed by atoms with E-state index in [2.05, 4.69) is 26.2 Å². The van der Waals surface area contributed by atoms with E-state index in [4.69, 9.17) is 0 Å². The number of benzene rings is 2. The molecule has 0 saturated carbocycles. The summed E-state index contributed by atoms with van der Waals surface area (Å²) in [6.07, 6.45) is 0. The van der Waals surface area contributed by atoms with Crippen LogP contribution in [0.25, 0.3) is 5.69 Å². The van der Waals surface area contributed by atoms with Crippen LogP contribution < -0.4 is 10.6 Å². The van der Waals surface area contributed by atoms with Gasteiger partial charge in [0.1, 0.15) is 5.25 Å². The smallest absolute Gasteiger partial charge is 0.321 e. The van der Waals surface area contributed by atoms with Crippen LogP contribution in [-0.2, 0) is 4.79 Å². The number of carbonyl (C=O) groups excluding carboxylic acids is 2. The van der Waals surface area contributed by atoms with Gasteiger partial charge in [-0.25, -0.2) is 4.79 Å². The highest BCUT2D eigenvalue weighted by molar-refractivity contribution is 8.00. The van der Waals surface area contributed by atoms with E-state index in [9.17, 15) is 9.59 Å². The number of urea groups is 1. The molecule has 8 nitrogen and oxygen atoms in total. The first-order valence-electron chi connectivity index (χ1n) is 9.16. The minimum absolute atomic E-state index is 0.424. The van der Waals surface area contributed by atoms with Crippen molar-refractivity contribution in [3.05, 3.63) is 65.2 Å². The Hall–Kier alpha value is -3.20. The lowest BCUT2D eigenvalue weighted by Crippen LogP contribution is -2.41. The van der Waals surface area contributed by atoms with Gasteiger partial charge < -0.3 is 5.32 Å². The second kappa shape index (κ2) is 9.33. The molecule has 0 saturated heterocycles. The fourth-order valence-electron chi connectivity index (χ4n) is 2.92. The summed E-state index contributed by atoms with van der Waals surface area (Å²) in [6.45, 7) is 6.17. The third-order valence-corrected chi connectivity index (χ3v) is 5.42. The third-order valence-electron chi connectivity index (χ3n) is 4.23. The van der Waals surface area contributed by atoms with Crippen molar-refractivity contribution in [1.29, 1.82) is 0 Å². The molecule has 3 rings (SSSR count). The number of tetrazole rings is 1. The SMILES string of the molecule is CCNC(=O)NC(=O)[C@H](Sc1nnnn1-c1c(C)cccc1C)c1ccccc1. The molecule has 29 heavy (non-hydrogen) atoms. The number of aryl methyl sites for hydroxylation is 2. The Morgan fingerprint density at radius 1 is 1.07 bits per heavy atom. The van der Waals surface area contributed by atoms with Gasteiger partial charge in [0.25, 0.3) is 0 Å². The normalized spacial score (nSPS) is 11.7. The number of nitrogens with zero attached hydrogens (tertiary/aromatic N) is 4. The number of hydrogen-bond acceptors (Lipinski definition) is 6. The predicted molar refractivity (Wildman–Crippen MR) is 111 cm³/mol. The summed E-state index contributed by atoms with van der Waals surface area (Å²) in [5.74, 6) is -0.441. The number of aromatic nitrogens is 4. The van der Waals surface area contributed by atoms with Crippen molar-refractivity contribution in [2.45, 2.75) is 31.2 Å². The topological polar surface area (TPSA) is 102 Å². The molecule has 0 radical (unpaired) electrons. The molecule has 9 heteroatoms. The van der Waals surface area contributed by atoms with Gasteiger partial charge in [0.2, 0.25) is 11.1 Å². The van der Waals surface area contributed by atoms with Crippen molar-refractivity contribution < 1.29 is 9.59 Å². The molecule has 0 bridgehead atoms. The van der Waals surface area contributed by atoms with E-state index in [1.54, 1.807) is 11.6 Å². The van der Waals surface area contributed by atoms with E-state index < -0.39 is 17.2 Å². The van der Waals surface area contributed by atoms with Gasteiger partial charge in [0.15, 0.2) is 0 Å². The molecule has 0 aliphatic heterocycles. The van der Waals surface area contributed by atoms with Crippen molar-refractivity contribution in [3.8, 4) is 5.69 Å². The van der Waals surface area contributed by atoms with Crippen LogP contribution in [0.2, 0.25) is 0 Å². The summed E-state index contributed by atoms with van der Waals surface area (Å²) < 4.78 is 1.63. The molecule has 2 aromatic carbocycles. The van der Waals surface area contributed by atoms with E-state index in [1.807, 2.05) is 62.4 Å². The van der Waals surface area contributed by atoms with Crippen LogP contribution >= 0.6 is 11.8 Å². The largest absolute Gasteiger partial charge is 0.338 e. The lowest BCUT2D eigenvalue weighted by atomic mass is 10.1. The number of para-hydroxylation sites is 1. The van der Waals surface area contributed by atoms with Gasteiger partial charge in [-0.05, 0) is 47.9 Å². The van der Waals surface area contributed by atoms with E-state index in [-0.39, 0.29) is 0 Å². The van der Waals surface area contributed by atoms with Crippen LogP contribution in [-0.4, -0.2) is 38.7 Å². The van der Waals surface area contributed by atoms with Gasteiger partial charge in [-0.15, -0.1) is 5.10 Å². The lowest BCUT2D eigenvalue weighted by molar-refractivity contribution is -0.119. The predicted octanol–water partition coefficient (Wildman–Crippen LogP) is 2.96. The molecule has 0 aliphatic carbocycles. The van der Waals surface area contributed by atoms with Gasteiger partial charge in [-0.1, -0.05) is 60.3 Å². The summed E-state index contributed by atoms with van der Waals surface area (Å²) in [6, 6.07) is 14.6. The summed E-state index contributed by atoms with van der Waals surface area (Å²) in [7, 11) is 0. The molecule has 3 aromatic rings. The first kappa shape index (κ1) is 20.5. The second-order valence-electron chi connectivity index (χ2n) is 6.37. The van der Waals surface area contributed by atoms with E-state index >= 15 is 0 Å². The third kappa shape index (κ3) is 4.80. The zero-order valence-electron chi connectivity index (χ0n) is 16.4. The number of imide groups is 1. The standard InChI is InChI=1S/C20H22N6O2S/c1-4-21-19(28)22-18(27)17(15-11-6-5-7-12-15)29-20-23-24-25-26(20)16-13(2)9-8-10-14(16)3/h5-12,17H,4H2,1-3H3,(H2,21,22,27,28)/t17-/m1/s1. The summed E-state index contributed by atoms with van der Waals surface area (Å²) >= 11 is 1.19. The maximum Gasteiger partial charge on any atom is 0.321 e. The Morgan fingerprint density at radius 3 is 2.41 bits per heavy atom. The average Bonchev–Trinajstić information content (AvgIpc) is 3.14. The van der Waals surface area contributed by atoms with E-state index in [0.717, 1.165) is 22.4 Å². The maximum absolute atomic E-state index is 12.9. The molecule has 3 amide bonds. The van der Waals surface area contributed by atoms with Gasteiger partial charge in [-0.2, -0.15) is 4.68 Å². The Balaban J connectivity index is 1.95. The first-order chi connectivity index (χ1) is 14.0. The molecule has 1 atom stereocenters. The Bertz CT molecular complexity index is 985. The summed E-state index contributed by atoms with van der Waals surface area (Å²) in [4.78, 5) is 24.7. The number of nitrogens with one attached hydrogen (secondary N) is 2. The maximum atomic E-state index is 12.9.